The van der Waals surface area contributed by atoms with Crippen molar-refractivity contribution in [3.05, 3.63) is 72.2 Å². The Labute approximate surface area is 231 Å². The normalized spacial score (nSPS) is 11.1. The maximum absolute atomic E-state index is 13.1. The number of aryl methyl sites for hydroxylation is 1. The number of rotatable bonds is 11. The topological polar surface area (TPSA) is 135 Å². The van der Waals surface area contributed by atoms with Crippen LogP contribution in [0.25, 0.3) is 11.4 Å². The Hall–Kier alpha value is -5.26. The molecule has 1 amide bonds. The highest BCUT2D eigenvalue weighted by Crippen LogP contribution is 2.38. The molecule has 4 rings (SSSR count). The number of carbonyl (C=O) groups is 1. The summed E-state index contributed by atoms with van der Waals surface area (Å²) in [6.45, 7) is 9.49. The lowest BCUT2D eigenvalue weighted by Gasteiger charge is -2.15. The number of carbonyl (C=O) groups excluding carboxylic acids is 1. The third-order valence-electron chi connectivity index (χ3n) is 5.73. The molecule has 206 valence electrons. The van der Waals surface area contributed by atoms with E-state index in [1.807, 2.05) is 20.8 Å². The van der Waals surface area contributed by atoms with Gasteiger partial charge in [0, 0.05) is 11.6 Å². The number of ether oxygens (including phenoxy) is 4. The lowest BCUT2D eigenvalue weighted by Crippen LogP contribution is -2.15. The van der Waals surface area contributed by atoms with E-state index in [1.54, 1.807) is 57.0 Å². The average Bonchev–Trinajstić information content (AvgIpc) is 3.40. The Morgan fingerprint density at radius 3 is 2.52 bits per heavy atom. The minimum Gasteiger partial charge on any atom is -0.493 e. The lowest BCUT2D eigenvalue weighted by molar-refractivity contribution is 0.101. The van der Waals surface area contributed by atoms with Crippen LogP contribution in [0.5, 0.6) is 23.0 Å². The Kier molecular flexibility index (Phi) is 8.69. The first-order valence-corrected chi connectivity index (χ1v) is 12.3. The number of nitrogens with one attached hydrogen (secondary N) is 1. The number of aromatic nitrogens is 5. The molecule has 40 heavy (non-hydrogen) atoms. The summed E-state index contributed by atoms with van der Waals surface area (Å²) in [6, 6.07) is 6.78. The first-order valence-electron chi connectivity index (χ1n) is 12.3. The number of pyridine rings is 1. The van der Waals surface area contributed by atoms with E-state index < -0.39 is 5.91 Å². The fraction of sp³-hybridized carbons (Fsp3) is 0.214. The molecule has 0 bridgehead atoms. The van der Waals surface area contributed by atoms with Crippen LogP contribution in [0.2, 0.25) is 0 Å². The first kappa shape index (κ1) is 27.8. The Balaban J connectivity index is 1.53. The van der Waals surface area contributed by atoms with Crippen molar-refractivity contribution in [2.24, 2.45) is 4.99 Å². The molecule has 0 aliphatic heterocycles. The molecule has 0 aliphatic carbocycles. The van der Waals surface area contributed by atoms with Gasteiger partial charge in [0.05, 0.1) is 50.8 Å². The molecule has 0 radical (unpaired) electrons. The lowest BCUT2D eigenvalue weighted by atomic mass is 10.1. The standard InChI is InChI=1S/C28H29N7O5/c1-7-22(19-11-23(37-5)24(38-6)12-20(19)29-4)40-18-9-10-26(31-13-18)33-28(36)27-25(39-8-2)15-35(34-27)21-14-30-16-32-17(21)3/h7,9-16H,4,8H2,1-3,5-6H3,(H,31,33,36)/b22-7+. The van der Waals surface area contributed by atoms with Crippen LogP contribution in [0, 0.1) is 6.92 Å². The highest BCUT2D eigenvalue weighted by Gasteiger charge is 2.21. The van der Waals surface area contributed by atoms with Crippen molar-refractivity contribution in [3.63, 3.8) is 0 Å². The molecule has 0 fully saturated rings. The van der Waals surface area contributed by atoms with Crippen LogP contribution >= 0.6 is 0 Å². The van der Waals surface area contributed by atoms with Crippen LogP contribution in [0.3, 0.4) is 0 Å². The SMILES string of the molecule is C=Nc1cc(OC)c(OC)cc1/C(=C\C)Oc1ccc(NC(=O)c2nn(-c3cncnc3C)cc2OCC)nc1. The van der Waals surface area contributed by atoms with E-state index >= 15 is 0 Å². The van der Waals surface area contributed by atoms with Crippen LogP contribution in [0.4, 0.5) is 11.5 Å². The maximum Gasteiger partial charge on any atom is 0.281 e. The van der Waals surface area contributed by atoms with Crippen LogP contribution in [0.15, 0.2) is 60.3 Å². The summed E-state index contributed by atoms with van der Waals surface area (Å²) in [5, 5.41) is 7.15. The number of hydrogen-bond acceptors (Lipinski definition) is 10. The van der Waals surface area contributed by atoms with Crippen LogP contribution in [-0.4, -0.2) is 58.2 Å². The van der Waals surface area contributed by atoms with E-state index in [9.17, 15) is 4.79 Å². The highest BCUT2D eigenvalue weighted by molar-refractivity contribution is 6.04. The summed E-state index contributed by atoms with van der Waals surface area (Å²) in [4.78, 5) is 29.7. The first-order chi connectivity index (χ1) is 19.4. The number of anilines is 1. The van der Waals surface area contributed by atoms with Crippen LogP contribution in [-0.2, 0) is 0 Å². The molecule has 4 aromatic rings. The molecule has 3 aromatic heterocycles. The quantitative estimate of drug-likeness (QED) is 0.209. The van der Waals surface area contributed by atoms with E-state index in [0.717, 1.165) is 0 Å². The molecule has 1 N–H and O–H groups in total. The summed E-state index contributed by atoms with van der Waals surface area (Å²) in [5.41, 5.74) is 2.65. The molecule has 12 heteroatoms. The van der Waals surface area contributed by atoms with E-state index in [0.29, 0.717) is 63.8 Å². The molecular weight excluding hydrogens is 514 g/mol. The second-order valence-electron chi connectivity index (χ2n) is 8.18. The van der Waals surface area contributed by atoms with Gasteiger partial charge in [-0.1, -0.05) is 0 Å². The second kappa shape index (κ2) is 12.5. The summed E-state index contributed by atoms with van der Waals surface area (Å²) >= 11 is 0. The molecule has 0 spiro atoms. The average molecular weight is 544 g/mol. The van der Waals surface area contributed by atoms with Gasteiger partial charge in [0.1, 0.15) is 29.3 Å². The molecule has 1 aromatic carbocycles. The van der Waals surface area contributed by atoms with Crippen molar-refractivity contribution in [1.29, 1.82) is 0 Å². The van der Waals surface area contributed by atoms with Crippen molar-refractivity contribution >= 4 is 29.9 Å². The molecule has 0 unspecified atom stereocenters. The smallest absolute Gasteiger partial charge is 0.281 e. The molecule has 12 nitrogen and oxygen atoms in total. The van der Waals surface area contributed by atoms with Gasteiger partial charge < -0.3 is 24.3 Å². The summed E-state index contributed by atoms with van der Waals surface area (Å²) in [7, 11) is 3.10. The van der Waals surface area contributed by atoms with Crippen molar-refractivity contribution in [3.8, 4) is 28.7 Å². The molecule has 0 saturated heterocycles. The number of methoxy groups -OCH3 is 2. The number of benzene rings is 1. The number of nitrogens with zero attached hydrogens (tertiary/aromatic N) is 6. The monoisotopic (exact) mass is 543 g/mol. The van der Waals surface area contributed by atoms with Crippen molar-refractivity contribution in [2.75, 3.05) is 26.1 Å². The van der Waals surface area contributed by atoms with Gasteiger partial charge in [-0.15, -0.1) is 0 Å². The van der Waals surface area contributed by atoms with Gasteiger partial charge in [-0.25, -0.2) is 19.6 Å². The highest BCUT2D eigenvalue weighted by atomic mass is 16.5. The van der Waals surface area contributed by atoms with Gasteiger partial charge in [-0.05, 0) is 51.8 Å². The van der Waals surface area contributed by atoms with E-state index in [1.165, 1.54) is 17.2 Å². The minimum atomic E-state index is -0.487. The third kappa shape index (κ3) is 5.90. The van der Waals surface area contributed by atoms with Gasteiger partial charge in [0.2, 0.25) is 0 Å². The zero-order valence-electron chi connectivity index (χ0n) is 22.8. The Bertz CT molecular complexity index is 1550. The fourth-order valence-corrected chi connectivity index (χ4v) is 3.79. The molecule has 0 saturated carbocycles. The van der Waals surface area contributed by atoms with Gasteiger partial charge in [-0.3, -0.25) is 9.79 Å². The van der Waals surface area contributed by atoms with Crippen LogP contribution in [0.1, 0.15) is 35.6 Å². The molecular formula is C28H29N7O5. The number of hydrogen-bond donors (Lipinski definition) is 1. The Morgan fingerprint density at radius 1 is 1.12 bits per heavy atom. The summed E-state index contributed by atoms with van der Waals surface area (Å²) in [6.07, 6.45) is 7.96. The van der Waals surface area contributed by atoms with Crippen LogP contribution < -0.4 is 24.3 Å². The fourth-order valence-electron chi connectivity index (χ4n) is 3.79. The molecule has 3 heterocycles. The van der Waals surface area contributed by atoms with Crippen molar-refractivity contribution in [1.82, 2.24) is 24.7 Å². The van der Waals surface area contributed by atoms with E-state index in [2.05, 4.69) is 37.1 Å². The number of allylic oxidation sites excluding steroid dienone is 1. The maximum atomic E-state index is 13.1. The third-order valence-corrected chi connectivity index (χ3v) is 5.73. The zero-order valence-corrected chi connectivity index (χ0v) is 22.8. The van der Waals surface area contributed by atoms with Gasteiger partial charge in [0.15, 0.2) is 22.9 Å². The largest absolute Gasteiger partial charge is 0.493 e. The predicted molar refractivity (Wildman–Crippen MR) is 150 cm³/mol. The zero-order chi connectivity index (χ0) is 28.6. The number of aliphatic imine (C=N–C) groups is 1. The molecule has 0 atom stereocenters. The predicted octanol–water partition coefficient (Wildman–Crippen LogP) is 4.81. The van der Waals surface area contributed by atoms with E-state index in [-0.39, 0.29) is 5.69 Å². The van der Waals surface area contributed by atoms with Gasteiger partial charge in [0.25, 0.3) is 5.91 Å². The molecule has 0 aliphatic rings. The van der Waals surface area contributed by atoms with Crippen molar-refractivity contribution in [2.45, 2.75) is 20.8 Å². The van der Waals surface area contributed by atoms with Gasteiger partial charge >= 0.3 is 0 Å². The summed E-state index contributed by atoms with van der Waals surface area (Å²) in [5.74, 6) is 2.13. The Morgan fingerprint density at radius 2 is 1.90 bits per heavy atom. The second-order valence-corrected chi connectivity index (χ2v) is 8.18. The van der Waals surface area contributed by atoms with Gasteiger partial charge in [-0.2, -0.15) is 5.10 Å². The van der Waals surface area contributed by atoms with E-state index in [4.69, 9.17) is 18.9 Å². The summed E-state index contributed by atoms with van der Waals surface area (Å²) < 4.78 is 24.0. The number of amides is 1. The van der Waals surface area contributed by atoms with Crippen molar-refractivity contribution < 1.29 is 23.7 Å². The minimum absolute atomic E-state index is 0.0985.